The molecule has 1 saturated carbocycles. The summed E-state index contributed by atoms with van der Waals surface area (Å²) in [4.78, 5) is 0. The molecule has 0 N–H and O–H groups in total. The van der Waals surface area contributed by atoms with Gasteiger partial charge in [-0.1, -0.05) is 0 Å². The normalized spacial score (nSPS) is 34.0. The van der Waals surface area contributed by atoms with E-state index in [4.69, 9.17) is 9.31 Å². The van der Waals surface area contributed by atoms with Crippen LogP contribution in [-0.2, 0) is 9.31 Å². The van der Waals surface area contributed by atoms with Crippen LogP contribution in [0.5, 0.6) is 0 Å². The summed E-state index contributed by atoms with van der Waals surface area (Å²) >= 11 is 1.77. The fourth-order valence-corrected chi connectivity index (χ4v) is 3.17. The minimum Gasteiger partial charge on any atom is -0.403 e. The summed E-state index contributed by atoms with van der Waals surface area (Å²) in [5.41, 5.74) is 1.06. The molecule has 2 atom stereocenters. The Morgan fingerprint density at radius 3 is 2.41 bits per heavy atom. The Hall–Kier alpha value is -0.315. The van der Waals surface area contributed by atoms with Crippen LogP contribution < -0.4 is 0 Å². The van der Waals surface area contributed by atoms with Gasteiger partial charge >= 0.3 is 7.12 Å². The molecule has 1 aromatic heterocycles. The minimum atomic E-state index is -0.195. The molecule has 2 nitrogen and oxygen atoms in total. The molecule has 92 valence electrons. The molecule has 0 radical (unpaired) electrons. The molecular weight excluding hydrogens is 231 g/mol. The molecule has 2 fully saturated rings. The molecule has 17 heavy (non-hydrogen) atoms. The second-order valence-electron chi connectivity index (χ2n) is 6.19. The van der Waals surface area contributed by atoms with Gasteiger partial charge in [0.25, 0.3) is 0 Å². The van der Waals surface area contributed by atoms with E-state index in [0.717, 1.165) is 0 Å². The average molecular weight is 250 g/mol. The van der Waals surface area contributed by atoms with Crippen LogP contribution in [0.15, 0.2) is 16.8 Å². The first-order valence-corrected chi connectivity index (χ1v) is 7.23. The van der Waals surface area contributed by atoms with Crippen LogP contribution in [0.1, 0.15) is 45.6 Å². The lowest BCUT2D eigenvalue weighted by atomic mass is 9.80. The molecule has 2 aliphatic rings. The number of hydrogen-bond donors (Lipinski definition) is 0. The average Bonchev–Trinajstić information content (AvgIpc) is 2.75. The van der Waals surface area contributed by atoms with Crippen molar-refractivity contribution in [1.29, 1.82) is 0 Å². The van der Waals surface area contributed by atoms with E-state index >= 15 is 0 Å². The monoisotopic (exact) mass is 250 g/mol. The van der Waals surface area contributed by atoms with E-state index in [1.807, 2.05) is 0 Å². The lowest BCUT2D eigenvalue weighted by molar-refractivity contribution is 0.00578. The van der Waals surface area contributed by atoms with Crippen LogP contribution in [0.25, 0.3) is 0 Å². The lowest BCUT2D eigenvalue weighted by Crippen LogP contribution is -2.41. The highest BCUT2D eigenvalue weighted by molar-refractivity contribution is 7.08. The third-order valence-electron chi connectivity index (χ3n) is 4.43. The predicted molar refractivity (Wildman–Crippen MR) is 71.5 cm³/mol. The van der Waals surface area contributed by atoms with Gasteiger partial charge in [0.2, 0.25) is 0 Å². The van der Waals surface area contributed by atoms with Crippen LogP contribution in [-0.4, -0.2) is 18.3 Å². The number of hydrogen-bond acceptors (Lipinski definition) is 3. The van der Waals surface area contributed by atoms with E-state index < -0.39 is 0 Å². The molecule has 0 unspecified atom stereocenters. The van der Waals surface area contributed by atoms with Crippen molar-refractivity contribution in [3.63, 3.8) is 0 Å². The van der Waals surface area contributed by atoms with Gasteiger partial charge in [0.05, 0.1) is 11.2 Å². The van der Waals surface area contributed by atoms with Crippen molar-refractivity contribution >= 4 is 18.5 Å². The van der Waals surface area contributed by atoms with E-state index in [1.165, 1.54) is 12.0 Å². The van der Waals surface area contributed by atoms with Gasteiger partial charge in [-0.05, 0) is 62.4 Å². The van der Waals surface area contributed by atoms with Crippen LogP contribution >= 0.6 is 11.3 Å². The third kappa shape index (κ3) is 1.87. The Bertz CT molecular complexity index is 397. The standard InChI is InChI=1S/C13H19BO2S/c1-12(2)13(3,4)16-14(15-12)11-7-10(11)9-5-6-17-8-9/h5-6,8,10-11H,7H2,1-4H3/t10-,11+/m1/s1. The first-order valence-electron chi connectivity index (χ1n) is 6.28. The zero-order chi connectivity index (χ0) is 12.3. The topological polar surface area (TPSA) is 18.5 Å². The van der Waals surface area contributed by atoms with Crippen molar-refractivity contribution in [2.45, 2.75) is 57.1 Å². The molecule has 1 saturated heterocycles. The van der Waals surface area contributed by atoms with Crippen molar-refractivity contribution in [2.24, 2.45) is 0 Å². The summed E-state index contributed by atoms with van der Waals surface area (Å²) in [7, 11) is -0.0232. The maximum atomic E-state index is 6.10. The largest absolute Gasteiger partial charge is 0.461 e. The van der Waals surface area contributed by atoms with E-state index in [0.29, 0.717) is 11.7 Å². The third-order valence-corrected chi connectivity index (χ3v) is 5.13. The predicted octanol–water partition coefficient (Wildman–Crippen LogP) is 3.70. The quantitative estimate of drug-likeness (QED) is 0.745. The van der Waals surface area contributed by atoms with Crippen LogP contribution in [0.3, 0.4) is 0 Å². The van der Waals surface area contributed by atoms with E-state index in [-0.39, 0.29) is 18.3 Å². The molecule has 4 heteroatoms. The van der Waals surface area contributed by atoms with Crippen molar-refractivity contribution in [3.8, 4) is 0 Å². The molecule has 0 aromatic carbocycles. The number of thiophene rings is 1. The van der Waals surface area contributed by atoms with Crippen molar-refractivity contribution in [2.75, 3.05) is 0 Å². The van der Waals surface area contributed by atoms with E-state index in [9.17, 15) is 0 Å². The summed E-state index contributed by atoms with van der Waals surface area (Å²) in [5, 5.41) is 4.39. The molecule has 2 heterocycles. The Morgan fingerprint density at radius 2 is 1.88 bits per heavy atom. The maximum Gasteiger partial charge on any atom is 0.461 e. The Morgan fingerprint density at radius 1 is 1.24 bits per heavy atom. The SMILES string of the molecule is CC1(C)OB([C@H]2C[C@@H]2c2ccsc2)OC1(C)C. The molecule has 1 aromatic rings. The van der Waals surface area contributed by atoms with Gasteiger partial charge in [-0.3, -0.25) is 0 Å². The highest BCUT2D eigenvalue weighted by Gasteiger charge is 2.59. The summed E-state index contributed by atoms with van der Waals surface area (Å²) in [6.07, 6.45) is 1.20. The highest BCUT2D eigenvalue weighted by Crippen LogP contribution is 2.58. The summed E-state index contributed by atoms with van der Waals surface area (Å²) in [5.74, 6) is 1.20. The molecule has 0 amide bonds. The van der Waals surface area contributed by atoms with Crippen LogP contribution in [0.2, 0.25) is 5.82 Å². The number of rotatable bonds is 2. The fourth-order valence-electron chi connectivity index (χ4n) is 2.45. The van der Waals surface area contributed by atoms with Gasteiger partial charge in [0.1, 0.15) is 0 Å². The summed E-state index contributed by atoms with van der Waals surface area (Å²) < 4.78 is 12.2. The molecule has 3 rings (SSSR count). The second-order valence-corrected chi connectivity index (χ2v) is 6.97. The zero-order valence-corrected chi connectivity index (χ0v) is 11.7. The van der Waals surface area contributed by atoms with Gasteiger partial charge in [0.15, 0.2) is 0 Å². The molecule has 1 aliphatic heterocycles. The van der Waals surface area contributed by atoms with Gasteiger partial charge in [-0.2, -0.15) is 11.3 Å². The highest BCUT2D eigenvalue weighted by atomic mass is 32.1. The van der Waals surface area contributed by atoms with Crippen LogP contribution in [0, 0.1) is 0 Å². The van der Waals surface area contributed by atoms with E-state index in [1.54, 1.807) is 11.3 Å². The maximum absolute atomic E-state index is 6.10. The summed E-state index contributed by atoms with van der Waals surface area (Å²) in [6.45, 7) is 8.48. The molecule has 0 spiro atoms. The zero-order valence-electron chi connectivity index (χ0n) is 10.9. The molecular formula is C13H19BO2S. The van der Waals surface area contributed by atoms with E-state index in [2.05, 4.69) is 44.5 Å². The molecule has 0 bridgehead atoms. The van der Waals surface area contributed by atoms with Crippen LogP contribution in [0.4, 0.5) is 0 Å². The van der Waals surface area contributed by atoms with Crippen molar-refractivity contribution in [1.82, 2.24) is 0 Å². The van der Waals surface area contributed by atoms with Gasteiger partial charge in [-0.15, -0.1) is 0 Å². The minimum absolute atomic E-state index is 0.0232. The molecule has 1 aliphatic carbocycles. The lowest BCUT2D eigenvalue weighted by Gasteiger charge is -2.32. The first kappa shape index (κ1) is 11.8. The fraction of sp³-hybridized carbons (Fsp3) is 0.692. The van der Waals surface area contributed by atoms with Gasteiger partial charge in [0, 0.05) is 5.82 Å². The van der Waals surface area contributed by atoms with Gasteiger partial charge < -0.3 is 9.31 Å². The van der Waals surface area contributed by atoms with Gasteiger partial charge in [-0.25, -0.2) is 0 Å². The Kier molecular flexibility index (Phi) is 2.48. The smallest absolute Gasteiger partial charge is 0.403 e. The van der Waals surface area contributed by atoms with Crippen molar-refractivity contribution in [3.05, 3.63) is 22.4 Å². The second kappa shape index (κ2) is 3.59. The van der Waals surface area contributed by atoms with Crippen molar-refractivity contribution < 1.29 is 9.31 Å². The first-order chi connectivity index (χ1) is 7.91. The Balaban J connectivity index is 1.70. The Labute approximate surface area is 107 Å². The summed E-state index contributed by atoms with van der Waals surface area (Å²) in [6, 6.07) is 2.22.